The van der Waals surface area contributed by atoms with Crippen LogP contribution in [0, 0.1) is 0 Å². The Labute approximate surface area is 369 Å². The van der Waals surface area contributed by atoms with Crippen molar-refractivity contribution in [2.45, 2.75) is 0 Å². The molecule has 300 valence electrons. The largest absolute Gasteiger partial charge is 0.456 e. The van der Waals surface area contributed by atoms with Crippen LogP contribution in [0.5, 0.6) is 0 Å². The molecule has 4 heteroatoms. The molecular weight excluding hydrogens is 781 g/mol. The minimum Gasteiger partial charge on any atom is -0.456 e. The van der Waals surface area contributed by atoms with E-state index in [-0.39, 0.29) is 0 Å². The predicted octanol–water partition coefficient (Wildman–Crippen LogP) is 17.1. The molecule has 0 aliphatic heterocycles. The lowest BCUT2D eigenvalue weighted by Crippen LogP contribution is -2.10. The number of para-hydroxylation sites is 4. The first-order valence-corrected chi connectivity index (χ1v) is 21.7. The number of fused-ring (bicyclic) bond motifs is 9. The van der Waals surface area contributed by atoms with E-state index >= 15 is 0 Å². The van der Waals surface area contributed by atoms with E-state index in [1.54, 1.807) is 0 Å². The van der Waals surface area contributed by atoms with Gasteiger partial charge in [-0.25, -0.2) is 0 Å². The lowest BCUT2D eigenvalue weighted by Gasteiger charge is -2.26. The van der Waals surface area contributed by atoms with Crippen LogP contribution in [-0.4, -0.2) is 4.57 Å². The topological polar surface area (TPSA) is 34.5 Å². The number of hydrogen-bond donors (Lipinski definition) is 0. The molecule has 64 heavy (non-hydrogen) atoms. The fourth-order valence-corrected chi connectivity index (χ4v) is 9.74. The van der Waals surface area contributed by atoms with Gasteiger partial charge in [-0.3, -0.25) is 0 Å². The van der Waals surface area contributed by atoms with Crippen LogP contribution < -0.4 is 4.90 Å². The highest BCUT2D eigenvalue weighted by molar-refractivity contribution is 6.12. The van der Waals surface area contributed by atoms with Crippen molar-refractivity contribution < 1.29 is 8.83 Å². The summed E-state index contributed by atoms with van der Waals surface area (Å²) in [5.41, 5.74) is 17.1. The van der Waals surface area contributed by atoms with Gasteiger partial charge in [-0.15, -0.1) is 0 Å². The number of nitrogens with zero attached hydrogens (tertiary/aromatic N) is 2. The first-order chi connectivity index (χ1) is 31.7. The predicted molar refractivity (Wildman–Crippen MR) is 266 cm³/mol. The van der Waals surface area contributed by atoms with E-state index in [1.807, 2.05) is 18.2 Å². The van der Waals surface area contributed by atoms with Crippen molar-refractivity contribution in [2.75, 3.05) is 4.90 Å². The summed E-state index contributed by atoms with van der Waals surface area (Å²) in [6.45, 7) is 0. The van der Waals surface area contributed by atoms with Gasteiger partial charge in [0.1, 0.15) is 22.3 Å². The normalized spacial score (nSPS) is 11.8. The summed E-state index contributed by atoms with van der Waals surface area (Å²) >= 11 is 0. The van der Waals surface area contributed by atoms with Crippen LogP contribution in [0.15, 0.2) is 239 Å². The van der Waals surface area contributed by atoms with Gasteiger partial charge in [-0.2, -0.15) is 0 Å². The summed E-state index contributed by atoms with van der Waals surface area (Å²) < 4.78 is 15.2. The average molecular weight is 819 g/mol. The molecule has 0 amide bonds. The Balaban J connectivity index is 0.917. The van der Waals surface area contributed by atoms with Gasteiger partial charge in [0.25, 0.3) is 0 Å². The molecule has 0 aliphatic carbocycles. The molecule has 0 N–H and O–H groups in total. The maximum Gasteiger partial charge on any atom is 0.143 e. The van der Waals surface area contributed by atoms with Gasteiger partial charge in [0.2, 0.25) is 0 Å². The van der Waals surface area contributed by atoms with E-state index in [1.165, 1.54) is 21.8 Å². The number of benzene rings is 10. The molecule has 0 fully saturated rings. The molecule has 0 saturated carbocycles. The monoisotopic (exact) mass is 818 g/mol. The Morgan fingerprint density at radius 1 is 0.297 bits per heavy atom. The molecule has 4 nitrogen and oxygen atoms in total. The molecular formula is C60H38N2O2. The first-order valence-electron chi connectivity index (χ1n) is 21.7. The molecule has 10 aromatic carbocycles. The third-order valence-electron chi connectivity index (χ3n) is 12.8. The molecule has 0 bridgehead atoms. The zero-order chi connectivity index (χ0) is 42.1. The summed E-state index contributed by atoms with van der Waals surface area (Å²) in [5.74, 6) is 0. The Morgan fingerprint density at radius 2 is 0.875 bits per heavy atom. The standard InChI is InChI=1S/C60H38N2O2/c1-3-12-41(13-4-1)48-18-11-19-52-54-36-42(27-35-58(54)64-60(48)52)39-22-28-45(29-23-39)61(46-30-24-40(25-31-46)43-26-33-51-50-17-8-10-21-57(50)63-59(51)37-43)47-32-34-56-53(38-47)49-16-7-9-20-55(49)62(56)44-14-5-2-6-15-44/h1-38H. The van der Waals surface area contributed by atoms with Gasteiger partial charge in [-0.05, 0) is 119 Å². The highest BCUT2D eigenvalue weighted by Gasteiger charge is 2.19. The molecule has 0 radical (unpaired) electrons. The summed E-state index contributed by atoms with van der Waals surface area (Å²) in [5, 5.41) is 6.91. The second-order valence-electron chi connectivity index (χ2n) is 16.5. The van der Waals surface area contributed by atoms with Crippen molar-refractivity contribution in [1.82, 2.24) is 4.57 Å². The number of rotatable bonds is 7. The maximum absolute atomic E-state index is 6.52. The molecule has 13 aromatic rings. The molecule has 13 rings (SSSR count). The number of hydrogen-bond acceptors (Lipinski definition) is 3. The summed E-state index contributed by atoms with van der Waals surface area (Å²) in [6, 6.07) is 82.2. The minimum absolute atomic E-state index is 0.884. The second-order valence-corrected chi connectivity index (χ2v) is 16.5. The van der Waals surface area contributed by atoms with Gasteiger partial charge in [-0.1, -0.05) is 140 Å². The van der Waals surface area contributed by atoms with Gasteiger partial charge >= 0.3 is 0 Å². The fourth-order valence-electron chi connectivity index (χ4n) is 9.74. The van der Waals surface area contributed by atoms with E-state index in [0.717, 1.165) is 100 Å². The highest BCUT2D eigenvalue weighted by atomic mass is 16.3. The van der Waals surface area contributed by atoms with Crippen molar-refractivity contribution in [3.8, 4) is 39.1 Å². The second kappa shape index (κ2) is 14.5. The van der Waals surface area contributed by atoms with Crippen LogP contribution in [0.25, 0.3) is 105 Å². The van der Waals surface area contributed by atoms with Crippen molar-refractivity contribution in [2.24, 2.45) is 0 Å². The average Bonchev–Trinajstić information content (AvgIpc) is 4.04. The van der Waals surface area contributed by atoms with Gasteiger partial charge in [0.05, 0.1) is 11.0 Å². The zero-order valence-corrected chi connectivity index (χ0v) is 34.7. The van der Waals surface area contributed by atoms with Crippen molar-refractivity contribution in [3.05, 3.63) is 231 Å². The van der Waals surface area contributed by atoms with E-state index in [2.05, 4.69) is 222 Å². The van der Waals surface area contributed by atoms with Gasteiger partial charge < -0.3 is 18.3 Å². The van der Waals surface area contributed by atoms with Gasteiger partial charge in [0, 0.05) is 60.6 Å². The number of aromatic nitrogens is 1. The summed E-state index contributed by atoms with van der Waals surface area (Å²) in [7, 11) is 0. The lowest BCUT2D eigenvalue weighted by molar-refractivity contribution is 0.669. The van der Waals surface area contributed by atoms with Crippen LogP contribution in [0.4, 0.5) is 17.1 Å². The molecule has 0 spiro atoms. The minimum atomic E-state index is 0.884. The van der Waals surface area contributed by atoms with Crippen molar-refractivity contribution in [3.63, 3.8) is 0 Å². The Morgan fingerprint density at radius 3 is 1.66 bits per heavy atom. The van der Waals surface area contributed by atoms with Crippen LogP contribution >= 0.6 is 0 Å². The van der Waals surface area contributed by atoms with E-state index in [9.17, 15) is 0 Å². The van der Waals surface area contributed by atoms with E-state index in [4.69, 9.17) is 8.83 Å². The fraction of sp³-hybridized carbons (Fsp3) is 0. The van der Waals surface area contributed by atoms with Crippen molar-refractivity contribution in [1.29, 1.82) is 0 Å². The van der Waals surface area contributed by atoms with Crippen LogP contribution in [0.2, 0.25) is 0 Å². The number of anilines is 3. The molecule has 0 saturated heterocycles. The third-order valence-corrected chi connectivity index (χ3v) is 12.8. The molecule has 0 aliphatic rings. The van der Waals surface area contributed by atoms with E-state index in [0.29, 0.717) is 0 Å². The number of furan rings is 2. The van der Waals surface area contributed by atoms with Crippen LogP contribution in [0.3, 0.4) is 0 Å². The Kier molecular flexibility index (Phi) is 8.18. The molecule has 0 atom stereocenters. The zero-order valence-electron chi connectivity index (χ0n) is 34.7. The van der Waals surface area contributed by atoms with Crippen LogP contribution in [-0.2, 0) is 0 Å². The smallest absolute Gasteiger partial charge is 0.143 e. The lowest BCUT2D eigenvalue weighted by atomic mass is 10.00. The summed E-state index contributed by atoms with van der Waals surface area (Å²) in [4.78, 5) is 2.36. The quantitative estimate of drug-likeness (QED) is 0.161. The first kappa shape index (κ1) is 36.1. The summed E-state index contributed by atoms with van der Waals surface area (Å²) in [6.07, 6.45) is 0. The van der Waals surface area contributed by atoms with E-state index < -0.39 is 0 Å². The van der Waals surface area contributed by atoms with Gasteiger partial charge in [0.15, 0.2) is 0 Å². The highest BCUT2D eigenvalue weighted by Crippen LogP contribution is 2.42. The maximum atomic E-state index is 6.52. The molecule has 3 aromatic heterocycles. The third kappa shape index (κ3) is 5.84. The molecule has 0 unspecified atom stereocenters. The Bertz CT molecular complexity index is 3880. The van der Waals surface area contributed by atoms with Crippen LogP contribution in [0.1, 0.15) is 0 Å². The van der Waals surface area contributed by atoms with Crippen molar-refractivity contribution >= 4 is 82.7 Å². The molecule has 3 heterocycles. The Hall–Kier alpha value is -8.60. The SMILES string of the molecule is c1ccc(-c2cccc3c2oc2ccc(-c4ccc(N(c5ccc(-c6ccc7c(c6)oc6ccccc67)cc5)c5ccc6c(c5)c5ccccc5n6-c5ccccc5)cc4)cc23)cc1.